The van der Waals surface area contributed by atoms with Crippen molar-refractivity contribution < 1.29 is 13.2 Å². The van der Waals surface area contributed by atoms with E-state index in [-0.39, 0.29) is 12.0 Å². The third kappa shape index (κ3) is 3.85. The highest BCUT2D eigenvalue weighted by Gasteiger charge is 2.19. The third-order valence-corrected chi connectivity index (χ3v) is 3.49. The molecule has 0 aromatic heterocycles. The van der Waals surface area contributed by atoms with Crippen molar-refractivity contribution in [3.8, 4) is 0 Å². The molecule has 1 N–H and O–H groups in total. The lowest BCUT2D eigenvalue weighted by molar-refractivity contribution is 0.440. The predicted octanol–water partition coefficient (Wildman–Crippen LogP) is 4.17. The van der Waals surface area contributed by atoms with E-state index in [1.165, 1.54) is 5.56 Å². The van der Waals surface area contributed by atoms with Gasteiger partial charge in [0.1, 0.15) is 0 Å². The normalized spacial score (nSPS) is 11.7. The average Bonchev–Trinajstić information content (AvgIpc) is 2.45. The van der Waals surface area contributed by atoms with Crippen LogP contribution in [0.2, 0.25) is 0 Å². The summed E-state index contributed by atoms with van der Waals surface area (Å²) in [7, 11) is 0. The van der Waals surface area contributed by atoms with Gasteiger partial charge in [-0.1, -0.05) is 44.2 Å². The number of benzene rings is 2. The molecule has 0 amide bonds. The number of halogens is 3. The molecule has 0 radical (unpaired) electrons. The first-order chi connectivity index (χ1) is 9.90. The van der Waals surface area contributed by atoms with Gasteiger partial charge >= 0.3 is 0 Å². The fourth-order valence-electron chi connectivity index (χ4n) is 2.22. The smallest absolute Gasteiger partial charge is 0.194 e. The van der Waals surface area contributed by atoms with Crippen LogP contribution in [-0.2, 0) is 12.0 Å². The highest BCUT2D eigenvalue weighted by Crippen LogP contribution is 2.22. The van der Waals surface area contributed by atoms with Crippen LogP contribution < -0.4 is 5.32 Å². The molecule has 112 valence electrons. The van der Waals surface area contributed by atoms with Crippen LogP contribution in [0.1, 0.15) is 25.0 Å². The SMILES string of the molecule is CC(C)(CNCc1cc(F)c(F)c(F)c1)c1ccccc1. The lowest BCUT2D eigenvalue weighted by Gasteiger charge is -2.25. The van der Waals surface area contributed by atoms with E-state index in [1.807, 2.05) is 30.3 Å². The van der Waals surface area contributed by atoms with Crippen molar-refractivity contribution in [2.24, 2.45) is 0 Å². The highest BCUT2D eigenvalue weighted by atomic mass is 19.2. The summed E-state index contributed by atoms with van der Waals surface area (Å²) < 4.78 is 39.1. The van der Waals surface area contributed by atoms with Gasteiger partial charge in [-0.25, -0.2) is 13.2 Å². The summed E-state index contributed by atoms with van der Waals surface area (Å²) in [4.78, 5) is 0. The van der Waals surface area contributed by atoms with Crippen molar-refractivity contribution in [1.82, 2.24) is 5.32 Å². The molecule has 0 aliphatic carbocycles. The Balaban J connectivity index is 1.98. The van der Waals surface area contributed by atoms with Gasteiger partial charge in [-0.3, -0.25) is 0 Å². The van der Waals surface area contributed by atoms with Gasteiger partial charge in [0.05, 0.1) is 0 Å². The fourth-order valence-corrected chi connectivity index (χ4v) is 2.22. The Morgan fingerprint density at radius 2 is 1.52 bits per heavy atom. The molecule has 2 aromatic carbocycles. The first-order valence-electron chi connectivity index (χ1n) is 6.80. The van der Waals surface area contributed by atoms with Crippen LogP contribution in [0.25, 0.3) is 0 Å². The van der Waals surface area contributed by atoms with Crippen LogP contribution in [0.3, 0.4) is 0 Å². The van der Waals surface area contributed by atoms with Crippen molar-refractivity contribution in [3.63, 3.8) is 0 Å². The Morgan fingerprint density at radius 1 is 0.952 bits per heavy atom. The minimum atomic E-state index is -1.43. The summed E-state index contributed by atoms with van der Waals surface area (Å²) >= 11 is 0. The third-order valence-electron chi connectivity index (χ3n) is 3.49. The summed E-state index contributed by atoms with van der Waals surface area (Å²) in [5.74, 6) is -3.74. The van der Waals surface area contributed by atoms with Gasteiger partial charge in [-0.15, -0.1) is 0 Å². The number of rotatable bonds is 5. The van der Waals surface area contributed by atoms with E-state index in [0.717, 1.165) is 12.1 Å². The number of hydrogen-bond donors (Lipinski definition) is 1. The van der Waals surface area contributed by atoms with E-state index < -0.39 is 17.5 Å². The van der Waals surface area contributed by atoms with Crippen LogP contribution >= 0.6 is 0 Å². The molecule has 0 atom stereocenters. The minimum absolute atomic E-state index is 0.113. The maximum atomic E-state index is 13.1. The Morgan fingerprint density at radius 3 is 2.10 bits per heavy atom. The van der Waals surface area contributed by atoms with E-state index in [9.17, 15) is 13.2 Å². The number of nitrogens with one attached hydrogen (secondary N) is 1. The molecule has 0 unspecified atom stereocenters. The summed E-state index contributed by atoms with van der Waals surface area (Å²) in [6, 6.07) is 12.0. The Bertz CT molecular complexity index is 586. The summed E-state index contributed by atoms with van der Waals surface area (Å²) in [5.41, 5.74) is 1.45. The molecule has 2 aromatic rings. The lowest BCUT2D eigenvalue weighted by Crippen LogP contribution is -2.32. The molecule has 4 heteroatoms. The molecule has 0 heterocycles. The molecule has 0 spiro atoms. The molecule has 0 bridgehead atoms. The topological polar surface area (TPSA) is 12.0 Å². The average molecular weight is 293 g/mol. The van der Waals surface area contributed by atoms with Gasteiger partial charge < -0.3 is 5.32 Å². The first kappa shape index (κ1) is 15.6. The standard InChI is InChI=1S/C17H18F3N/c1-17(2,13-6-4-3-5-7-13)11-21-10-12-8-14(18)16(20)15(19)9-12/h3-9,21H,10-11H2,1-2H3. The van der Waals surface area contributed by atoms with Crippen molar-refractivity contribution in [2.75, 3.05) is 6.54 Å². The van der Waals surface area contributed by atoms with E-state index in [1.54, 1.807) is 0 Å². The highest BCUT2D eigenvalue weighted by molar-refractivity contribution is 5.24. The van der Waals surface area contributed by atoms with Gasteiger partial charge in [-0.05, 0) is 23.3 Å². The van der Waals surface area contributed by atoms with Crippen LogP contribution in [0.4, 0.5) is 13.2 Å². The molecule has 0 aliphatic heterocycles. The first-order valence-corrected chi connectivity index (χ1v) is 6.80. The zero-order valence-electron chi connectivity index (χ0n) is 12.1. The fraction of sp³-hybridized carbons (Fsp3) is 0.294. The molecular weight excluding hydrogens is 275 g/mol. The molecule has 0 aliphatic rings. The molecule has 2 rings (SSSR count). The van der Waals surface area contributed by atoms with E-state index >= 15 is 0 Å². The van der Waals surface area contributed by atoms with Gasteiger partial charge in [0.2, 0.25) is 0 Å². The Labute approximate surface area is 122 Å². The van der Waals surface area contributed by atoms with Crippen LogP contribution in [0.15, 0.2) is 42.5 Å². The monoisotopic (exact) mass is 293 g/mol. The predicted molar refractivity (Wildman–Crippen MR) is 77.5 cm³/mol. The maximum absolute atomic E-state index is 13.1. The van der Waals surface area contributed by atoms with E-state index in [2.05, 4.69) is 19.2 Å². The summed E-state index contributed by atoms with van der Waals surface area (Å²) in [6.07, 6.45) is 0. The van der Waals surface area contributed by atoms with Crippen molar-refractivity contribution >= 4 is 0 Å². The molecule has 21 heavy (non-hydrogen) atoms. The summed E-state index contributed by atoms with van der Waals surface area (Å²) in [5, 5.41) is 3.16. The molecule has 0 saturated carbocycles. The molecular formula is C17H18F3N. The second-order valence-electron chi connectivity index (χ2n) is 5.73. The van der Waals surface area contributed by atoms with Crippen molar-refractivity contribution in [3.05, 3.63) is 71.0 Å². The minimum Gasteiger partial charge on any atom is -0.312 e. The zero-order chi connectivity index (χ0) is 15.5. The van der Waals surface area contributed by atoms with Gasteiger partial charge in [0.15, 0.2) is 17.5 Å². The Kier molecular flexibility index (Phi) is 4.68. The van der Waals surface area contributed by atoms with Crippen LogP contribution in [0, 0.1) is 17.5 Å². The van der Waals surface area contributed by atoms with Crippen LogP contribution in [-0.4, -0.2) is 6.54 Å². The lowest BCUT2D eigenvalue weighted by atomic mass is 9.84. The molecule has 0 fully saturated rings. The van der Waals surface area contributed by atoms with Gasteiger partial charge in [0, 0.05) is 18.5 Å². The van der Waals surface area contributed by atoms with Crippen molar-refractivity contribution in [1.29, 1.82) is 0 Å². The van der Waals surface area contributed by atoms with Crippen LogP contribution in [0.5, 0.6) is 0 Å². The van der Waals surface area contributed by atoms with E-state index in [4.69, 9.17) is 0 Å². The largest absolute Gasteiger partial charge is 0.312 e. The zero-order valence-corrected chi connectivity index (χ0v) is 12.1. The quantitative estimate of drug-likeness (QED) is 0.816. The van der Waals surface area contributed by atoms with Crippen molar-refractivity contribution in [2.45, 2.75) is 25.8 Å². The maximum Gasteiger partial charge on any atom is 0.194 e. The van der Waals surface area contributed by atoms with Gasteiger partial charge in [-0.2, -0.15) is 0 Å². The second kappa shape index (κ2) is 6.31. The van der Waals surface area contributed by atoms with E-state index in [0.29, 0.717) is 12.1 Å². The molecule has 0 saturated heterocycles. The van der Waals surface area contributed by atoms with Gasteiger partial charge in [0.25, 0.3) is 0 Å². The Hall–Kier alpha value is -1.81. The summed E-state index contributed by atoms with van der Waals surface area (Å²) in [6.45, 7) is 5.09. The number of hydrogen-bond acceptors (Lipinski definition) is 1. The second-order valence-corrected chi connectivity index (χ2v) is 5.73. The molecule has 1 nitrogen and oxygen atoms in total.